The minimum atomic E-state index is -0.299. The molecule has 0 heterocycles. The van der Waals surface area contributed by atoms with Gasteiger partial charge in [-0.25, -0.2) is 4.39 Å². The van der Waals surface area contributed by atoms with Crippen molar-refractivity contribution in [2.24, 2.45) is 0 Å². The van der Waals surface area contributed by atoms with Crippen LogP contribution in [0.5, 0.6) is 0 Å². The predicted molar refractivity (Wildman–Crippen MR) is 92.3 cm³/mol. The number of rotatable bonds is 3. The molecule has 0 saturated heterocycles. The van der Waals surface area contributed by atoms with Crippen molar-refractivity contribution in [2.75, 3.05) is 5.32 Å². The number of anilines is 1. The van der Waals surface area contributed by atoms with Crippen LogP contribution in [0.4, 0.5) is 10.1 Å². The van der Waals surface area contributed by atoms with Crippen molar-refractivity contribution in [1.82, 2.24) is 5.32 Å². The molecule has 2 N–H and O–H groups in total. The standard InChI is InChI=1S/C18H19FN2S/c19-15-10-4-5-11-16(15)20-17(22)21-18(12-6-7-13-18)14-8-2-1-3-9-14/h1-5,8-11H,6-7,12-13H2,(H2,20,21,22). The van der Waals surface area contributed by atoms with E-state index in [0.29, 0.717) is 10.8 Å². The summed E-state index contributed by atoms with van der Waals surface area (Å²) < 4.78 is 13.7. The molecular weight excluding hydrogens is 295 g/mol. The SMILES string of the molecule is Fc1ccccc1NC(=S)NC1(c2ccccc2)CCCC1. The van der Waals surface area contributed by atoms with Gasteiger partial charge < -0.3 is 10.6 Å². The van der Waals surface area contributed by atoms with Crippen molar-refractivity contribution >= 4 is 23.0 Å². The fourth-order valence-corrected chi connectivity index (χ4v) is 3.46. The first-order valence-corrected chi connectivity index (χ1v) is 8.00. The van der Waals surface area contributed by atoms with E-state index in [1.165, 1.54) is 24.5 Å². The average molecular weight is 314 g/mol. The summed E-state index contributed by atoms with van der Waals surface area (Å²) in [7, 11) is 0. The molecule has 0 aromatic heterocycles. The number of para-hydroxylation sites is 1. The summed E-state index contributed by atoms with van der Waals surface area (Å²) in [5, 5.41) is 6.88. The zero-order valence-electron chi connectivity index (χ0n) is 12.3. The van der Waals surface area contributed by atoms with E-state index >= 15 is 0 Å². The molecule has 22 heavy (non-hydrogen) atoms. The maximum atomic E-state index is 13.7. The molecule has 0 bridgehead atoms. The lowest BCUT2D eigenvalue weighted by Gasteiger charge is -2.32. The molecule has 0 amide bonds. The Labute approximate surface area is 135 Å². The van der Waals surface area contributed by atoms with Crippen molar-refractivity contribution in [2.45, 2.75) is 31.2 Å². The van der Waals surface area contributed by atoms with Gasteiger partial charge in [0.05, 0.1) is 11.2 Å². The lowest BCUT2D eigenvalue weighted by atomic mass is 9.88. The number of hydrogen-bond donors (Lipinski definition) is 2. The van der Waals surface area contributed by atoms with E-state index in [1.54, 1.807) is 18.2 Å². The number of halogens is 1. The van der Waals surface area contributed by atoms with Crippen LogP contribution in [0, 0.1) is 5.82 Å². The van der Waals surface area contributed by atoms with Gasteiger partial charge in [0.25, 0.3) is 0 Å². The van der Waals surface area contributed by atoms with Crippen LogP contribution in [0.15, 0.2) is 54.6 Å². The van der Waals surface area contributed by atoms with Gasteiger partial charge in [-0.1, -0.05) is 55.3 Å². The first-order chi connectivity index (χ1) is 10.7. The van der Waals surface area contributed by atoms with Gasteiger partial charge >= 0.3 is 0 Å². The monoisotopic (exact) mass is 314 g/mol. The lowest BCUT2D eigenvalue weighted by Crippen LogP contribution is -2.45. The first kappa shape index (κ1) is 15.0. The van der Waals surface area contributed by atoms with Gasteiger partial charge in [0.1, 0.15) is 5.82 Å². The van der Waals surface area contributed by atoms with E-state index in [2.05, 4.69) is 22.8 Å². The summed E-state index contributed by atoms with van der Waals surface area (Å²) in [6.07, 6.45) is 4.42. The Bertz CT molecular complexity index is 651. The van der Waals surface area contributed by atoms with Crippen LogP contribution in [0.1, 0.15) is 31.2 Å². The van der Waals surface area contributed by atoms with Gasteiger partial charge in [0.2, 0.25) is 0 Å². The molecule has 1 fully saturated rings. The molecule has 3 rings (SSSR count). The van der Waals surface area contributed by atoms with E-state index in [9.17, 15) is 4.39 Å². The fraction of sp³-hybridized carbons (Fsp3) is 0.278. The summed E-state index contributed by atoms with van der Waals surface area (Å²) in [6, 6.07) is 16.9. The summed E-state index contributed by atoms with van der Waals surface area (Å²) in [5.41, 5.74) is 1.50. The molecule has 0 spiro atoms. The molecule has 114 valence electrons. The highest BCUT2D eigenvalue weighted by atomic mass is 32.1. The van der Waals surface area contributed by atoms with Crippen molar-refractivity contribution in [3.8, 4) is 0 Å². The zero-order chi connectivity index (χ0) is 15.4. The van der Waals surface area contributed by atoms with Crippen molar-refractivity contribution in [3.63, 3.8) is 0 Å². The third-order valence-corrected chi connectivity index (χ3v) is 4.46. The highest BCUT2D eigenvalue weighted by Crippen LogP contribution is 2.38. The molecule has 1 aliphatic rings. The van der Waals surface area contributed by atoms with Crippen LogP contribution in [0.2, 0.25) is 0 Å². The quantitative estimate of drug-likeness (QED) is 0.811. The summed E-state index contributed by atoms with van der Waals surface area (Å²) in [6.45, 7) is 0. The second-order valence-electron chi connectivity index (χ2n) is 5.71. The average Bonchev–Trinajstić information content (AvgIpc) is 3.00. The normalized spacial score (nSPS) is 16.2. The van der Waals surface area contributed by atoms with E-state index in [0.717, 1.165) is 12.8 Å². The number of nitrogens with one attached hydrogen (secondary N) is 2. The van der Waals surface area contributed by atoms with Crippen LogP contribution in [-0.2, 0) is 5.54 Å². The summed E-state index contributed by atoms with van der Waals surface area (Å²) in [5.74, 6) is -0.299. The van der Waals surface area contributed by atoms with Crippen molar-refractivity contribution < 1.29 is 4.39 Å². The van der Waals surface area contributed by atoms with Gasteiger partial charge in [-0.2, -0.15) is 0 Å². The van der Waals surface area contributed by atoms with E-state index in [-0.39, 0.29) is 11.4 Å². The Morgan fingerprint density at radius 1 is 0.955 bits per heavy atom. The maximum Gasteiger partial charge on any atom is 0.171 e. The largest absolute Gasteiger partial charge is 0.353 e. The molecule has 0 aliphatic heterocycles. The molecule has 0 atom stereocenters. The molecule has 1 saturated carbocycles. The van der Waals surface area contributed by atoms with E-state index < -0.39 is 0 Å². The lowest BCUT2D eigenvalue weighted by molar-refractivity contribution is 0.408. The highest BCUT2D eigenvalue weighted by Gasteiger charge is 2.36. The Morgan fingerprint density at radius 2 is 1.59 bits per heavy atom. The zero-order valence-corrected chi connectivity index (χ0v) is 13.1. The second-order valence-corrected chi connectivity index (χ2v) is 6.12. The molecule has 4 heteroatoms. The number of thiocarbonyl (C=S) groups is 1. The molecule has 0 radical (unpaired) electrons. The predicted octanol–water partition coefficient (Wildman–Crippen LogP) is 4.58. The fourth-order valence-electron chi connectivity index (χ4n) is 3.16. The van der Waals surface area contributed by atoms with Gasteiger partial charge in [-0.05, 0) is 42.8 Å². The summed E-state index contributed by atoms with van der Waals surface area (Å²) in [4.78, 5) is 0. The van der Waals surface area contributed by atoms with Gasteiger partial charge in [0, 0.05) is 0 Å². The van der Waals surface area contributed by atoms with Crippen LogP contribution < -0.4 is 10.6 Å². The Balaban J connectivity index is 1.77. The van der Waals surface area contributed by atoms with Gasteiger partial charge in [-0.15, -0.1) is 0 Å². The Kier molecular flexibility index (Phi) is 4.39. The third-order valence-electron chi connectivity index (χ3n) is 4.26. The third kappa shape index (κ3) is 3.12. The van der Waals surface area contributed by atoms with Crippen LogP contribution >= 0.6 is 12.2 Å². The Morgan fingerprint density at radius 3 is 2.27 bits per heavy atom. The van der Waals surface area contributed by atoms with Gasteiger partial charge in [-0.3, -0.25) is 0 Å². The minimum Gasteiger partial charge on any atom is -0.353 e. The molecule has 2 nitrogen and oxygen atoms in total. The minimum absolute atomic E-state index is 0.142. The molecule has 2 aromatic rings. The highest BCUT2D eigenvalue weighted by molar-refractivity contribution is 7.80. The topological polar surface area (TPSA) is 24.1 Å². The van der Waals surface area contributed by atoms with Crippen LogP contribution in [0.25, 0.3) is 0 Å². The van der Waals surface area contributed by atoms with Crippen LogP contribution in [-0.4, -0.2) is 5.11 Å². The Hall–Kier alpha value is -1.94. The van der Waals surface area contributed by atoms with Crippen molar-refractivity contribution in [1.29, 1.82) is 0 Å². The maximum absolute atomic E-state index is 13.7. The summed E-state index contributed by atoms with van der Waals surface area (Å²) >= 11 is 5.42. The van der Waals surface area contributed by atoms with Crippen molar-refractivity contribution in [3.05, 3.63) is 66.0 Å². The first-order valence-electron chi connectivity index (χ1n) is 7.59. The number of benzene rings is 2. The van der Waals surface area contributed by atoms with Crippen LogP contribution in [0.3, 0.4) is 0 Å². The van der Waals surface area contributed by atoms with Gasteiger partial charge in [0.15, 0.2) is 5.11 Å². The molecular formula is C18H19FN2S. The smallest absolute Gasteiger partial charge is 0.171 e. The molecule has 2 aromatic carbocycles. The van der Waals surface area contributed by atoms with E-state index in [4.69, 9.17) is 12.2 Å². The molecule has 0 unspecified atom stereocenters. The number of hydrogen-bond acceptors (Lipinski definition) is 1. The van der Waals surface area contributed by atoms with E-state index in [1.807, 2.05) is 18.2 Å². The second kappa shape index (κ2) is 6.44. The molecule has 1 aliphatic carbocycles.